The summed E-state index contributed by atoms with van der Waals surface area (Å²) in [6.07, 6.45) is 1.16. The van der Waals surface area contributed by atoms with Crippen LogP contribution in [-0.2, 0) is 25.6 Å². The number of likely N-dealkylation sites (tertiary alicyclic amines) is 1. The van der Waals surface area contributed by atoms with E-state index in [1.165, 1.54) is 37.4 Å². The SMILES string of the molecule is COc1cc(C2C3=CCC4C(=O)N(CCc5ccc(O)cc5)C(=O)C4C3CC3(Cl)C(=O)N(c4c(F)c(F)c(F)c(F)c4F)C(=O)C23Cl)ccc1O. The Morgan fingerprint density at radius 1 is 0.843 bits per heavy atom. The van der Waals surface area contributed by atoms with Gasteiger partial charge in [-0.3, -0.25) is 24.1 Å². The number of nitrogens with zero attached hydrogens (tertiary/aromatic N) is 2. The van der Waals surface area contributed by atoms with E-state index >= 15 is 8.78 Å². The number of carbonyl (C=O) groups excluding carboxylic acids is 4. The van der Waals surface area contributed by atoms with Gasteiger partial charge in [0.25, 0.3) is 11.8 Å². The molecule has 2 aliphatic heterocycles. The quantitative estimate of drug-likeness (QED) is 0.0839. The van der Waals surface area contributed by atoms with E-state index in [0.29, 0.717) is 0 Å². The Morgan fingerprint density at radius 2 is 1.47 bits per heavy atom. The summed E-state index contributed by atoms with van der Waals surface area (Å²) in [4.78, 5) is 51.9. The smallest absolute Gasteiger partial charge is 0.258 e. The fourth-order valence-electron chi connectivity index (χ4n) is 8.00. The number of hydrogen-bond donors (Lipinski definition) is 2. The van der Waals surface area contributed by atoms with Crippen LogP contribution < -0.4 is 9.64 Å². The predicted molar refractivity (Wildman–Crippen MR) is 170 cm³/mol. The van der Waals surface area contributed by atoms with Crippen LogP contribution in [0.5, 0.6) is 17.2 Å². The van der Waals surface area contributed by atoms with Gasteiger partial charge in [0, 0.05) is 12.5 Å². The first-order valence-electron chi connectivity index (χ1n) is 15.6. The summed E-state index contributed by atoms with van der Waals surface area (Å²) in [6.45, 7) is -0.0347. The van der Waals surface area contributed by atoms with Crippen LogP contribution in [0.1, 0.15) is 29.9 Å². The topological polar surface area (TPSA) is 124 Å². The van der Waals surface area contributed by atoms with E-state index in [1.54, 1.807) is 18.2 Å². The number of fused-ring (bicyclic) bond motifs is 4. The molecular formula is C35H25Cl2F5N2O7. The number of ether oxygens (including phenoxy) is 1. The van der Waals surface area contributed by atoms with E-state index < -0.39 is 98.2 Å². The van der Waals surface area contributed by atoms with Crippen molar-refractivity contribution in [2.45, 2.75) is 34.9 Å². The number of amides is 4. The minimum absolute atomic E-state index is 0.0196. The number of benzene rings is 3. The standard InChI is InChI=1S/C35H25Cl2F5N2O7/c1-51-21-12-15(4-9-20(21)46)23-17-7-8-18-22(31(48)43(30(18)47)11-10-14-2-5-16(45)6-3-14)19(17)13-34(36)32(49)44(33(50)35(23,34)37)29-27(41)25(39)24(38)26(40)28(29)42/h2-7,9,12,18-19,22-23,45-46H,8,10-11,13H2,1H3. The second-order valence-electron chi connectivity index (χ2n) is 12.9. The Kier molecular flexibility index (Phi) is 8.14. The highest BCUT2D eigenvalue weighted by Crippen LogP contribution is 2.66. The zero-order valence-corrected chi connectivity index (χ0v) is 27.7. The molecule has 16 heteroatoms. The van der Waals surface area contributed by atoms with Crippen LogP contribution in [0.15, 0.2) is 54.1 Å². The van der Waals surface area contributed by atoms with E-state index in [0.717, 1.165) is 10.5 Å². The first-order chi connectivity index (χ1) is 24.1. The van der Waals surface area contributed by atoms with Crippen molar-refractivity contribution in [3.63, 3.8) is 0 Å². The summed E-state index contributed by atoms with van der Waals surface area (Å²) >= 11 is 14.2. The molecule has 3 aromatic carbocycles. The Balaban J connectivity index is 1.36. The summed E-state index contributed by atoms with van der Waals surface area (Å²) in [6, 6.07) is 9.91. The lowest BCUT2D eigenvalue weighted by Crippen LogP contribution is -2.60. The number of allylic oxidation sites excluding steroid dienone is 2. The number of phenols is 2. The fraction of sp³-hybridized carbons (Fsp3) is 0.314. The molecule has 0 bridgehead atoms. The molecule has 51 heavy (non-hydrogen) atoms. The highest BCUT2D eigenvalue weighted by molar-refractivity contribution is 6.58. The molecule has 1 saturated carbocycles. The Labute approximate surface area is 295 Å². The maximum absolute atomic E-state index is 15.2. The average molecular weight is 751 g/mol. The molecular weight excluding hydrogens is 726 g/mol. The minimum Gasteiger partial charge on any atom is -0.508 e. The average Bonchev–Trinajstić information content (AvgIpc) is 3.44. The molecule has 2 N–H and O–H groups in total. The third-order valence-electron chi connectivity index (χ3n) is 10.4. The third kappa shape index (κ3) is 4.71. The molecule has 0 radical (unpaired) electrons. The van der Waals surface area contributed by atoms with Crippen molar-refractivity contribution in [2.75, 3.05) is 18.6 Å². The maximum Gasteiger partial charge on any atom is 0.258 e. The van der Waals surface area contributed by atoms with Crippen LogP contribution in [0.4, 0.5) is 27.6 Å². The van der Waals surface area contributed by atoms with E-state index in [-0.39, 0.29) is 52.7 Å². The van der Waals surface area contributed by atoms with Crippen molar-refractivity contribution < 1.29 is 56.1 Å². The first-order valence-corrected chi connectivity index (χ1v) is 16.3. The zero-order valence-electron chi connectivity index (χ0n) is 26.2. The van der Waals surface area contributed by atoms with Gasteiger partial charge in [0.2, 0.25) is 17.6 Å². The van der Waals surface area contributed by atoms with E-state index in [9.17, 15) is 42.6 Å². The fourth-order valence-corrected chi connectivity index (χ4v) is 8.94. The lowest BCUT2D eigenvalue weighted by molar-refractivity contribution is -0.140. The number of halogens is 7. The van der Waals surface area contributed by atoms with Gasteiger partial charge in [-0.1, -0.05) is 29.8 Å². The first kappa shape index (κ1) is 34.7. The number of anilines is 1. The van der Waals surface area contributed by atoms with Gasteiger partial charge in [0.1, 0.15) is 11.4 Å². The highest BCUT2D eigenvalue weighted by Gasteiger charge is 2.77. The number of phenolic OH excluding ortho intramolecular Hbond substituents is 2. The number of rotatable bonds is 6. The molecule has 2 aliphatic carbocycles. The minimum atomic E-state index is -2.70. The largest absolute Gasteiger partial charge is 0.508 e. The van der Waals surface area contributed by atoms with Crippen molar-refractivity contribution in [3.8, 4) is 17.2 Å². The number of hydrogen-bond acceptors (Lipinski definition) is 7. The summed E-state index contributed by atoms with van der Waals surface area (Å²) in [5.74, 6) is -21.8. The summed E-state index contributed by atoms with van der Waals surface area (Å²) in [5, 5.41) is 19.9. The molecule has 6 atom stereocenters. The molecule has 4 amide bonds. The lowest BCUT2D eigenvalue weighted by Gasteiger charge is -2.50. The van der Waals surface area contributed by atoms with Gasteiger partial charge in [0.15, 0.2) is 44.5 Å². The Hall–Kier alpha value is -4.69. The van der Waals surface area contributed by atoms with Gasteiger partial charge in [0.05, 0.1) is 18.9 Å². The van der Waals surface area contributed by atoms with Crippen LogP contribution in [0.3, 0.4) is 0 Å². The van der Waals surface area contributed by atoms with E-state index in [1.807, 2.05) is 0 Å². The molecule has 0 spiro atoms. The third-order valence-corrected chi connectivity index (χ3v) is 11.8. The molecule has 7 rings (SSSR count). The van der Waals surface area contributed by atoms with Crippen LogP contribution in [0.2, 0.25) is 0 Å². The van der Waals surface area contributed by atoms with Crippen molar-refractivity contribution in [1.82, 2.24) is 4.90 Å². The second-order valence-corrected chi connectivity index (χ2v) is 14.1. The molecule has 3 fully saturated rings. The maximum atomic E-state index is 15.2. The monoisotopic (exact) mass is 750 g/mol. The van der Waals surface area contributed by atoms with Gasteiger partial charge in [-0.2, -0.15) is 0 Å². The van der Waals surface area contributed by atoms with Crippen molar-refractivity contribution in [3.05, 3.63) is 94.3 Å². The molecule has 2 saturated heterocycles. The van der Waals surface area contributed by atoms with Crippen molar-refractivity contribution >= 4 is 52.5 Å². The van der Waals surface area contributed by atoms with Crippen LogP contribution in [0.25, 0.3) is 0 Å². The molecule has 6 unspecified atom stereocenters. The molecule has 2 heterocycles. The van der Waals surface area contributed by atoms with Gasteiger partial charge >= 0.3 is 0 Å². The summed E-state index contributed by atoms with van der Waals surface area (Å²) in [5.41, 5.74) is -0.811. The molecule has 9 nitrogen and oxygen atoms in total. The van der Waals surface area contributed by atoms with Gasteiger partial charge in [-0.15, -0.1) is 23.2 Å². The molecule has 3 aromatic rings. The van der Waals surface area contributed by atoms with Crippen molar-refractivity contribution in [1.29, 1.82) is 0 Å². The number of imide groups is 2. The Morgan fingerprint density at radius 3 is 2.10 bits per heavy atom. The highest BCUT2D eigenvalue weighted by atomic mass is 35.5. The second kappa shape index (κ2) is 11.9. The molecule has 4 aliphatic rings. The number of alkyl halides is 2. The molecule has 266 valence electrons. The number of carbonyl (C=O) groups is 4. The van der Waals surface area contributed by atoms with Crippen LogP contribution >= 0.6 is 23.2 Å². The normalized spacial score (nSPS) is 28.5. The summed E-state index contributed by atoms with van der Waals surface area (Å²) in [7, 11) is 1.22. The van der Waals surface area contributed by atoms with Gasteiger partial charge in [-0.05, 0) is 60.6 Å². The Bertz CT molecular complexity index is 2070. The summed E-state index contributed by atoms with van der Waals surface area (Å²) < 4.78 is 78.5. The van der Waals surface area contributed by atoms with E-state index in [2.05, 4.69) is 0 Å². The number of aromatic hydroxyl groups is 2. The number of methoxy groups -OCH3 is 1. The predicted octanol–water partition coefficient (Wildman–Crippen LogP) is 5.61. The van der Waals surface area contributed by atoms with Gasteiger partial charge < -0.3 is 14.9 Å². The van der Waals surface area contributed by atoms with Crippen molar-refractivity contribution in [2.24, 2.45) is 17.8 Å². The van der Waals surface area contributed by atoms with E-state index in [4.69, 9.17) is 27.9 Å². The van der Waals surface area contributed by atoms with Crippen LogP contribution in [0, 0.1) is 46.8 Å². The zero-order chi connectivity index (χ0) is 36.9. The van der Waals surface area contributed by atoms with Crippen LogP contribution in [-0.4, -0.2) is 62.1 Å². The van der Waals surface area contributed by atoms with Gasteiger partial charge in [-0.25, -0.2) is 26.9 Å². The lowest BCUT2D eigenvalue weighted by atomic mass is 9.56. The molecule has 0 aromatic heterocycles.